The molecule has 1 aliphatic rings. The van der Waals surface area contributed by atoms with Gasteiger partial charge in [-0.3, -0.25) is 4.90 Å². The van der Waals surface area contributed by atoms with E-state index in [0.717, 1.165) is 54.1 Å². The van der Waals surface area contributed by atoms with Gasteiger partial charge in [0.05, 0.1) is 0 Å². The van der Waals surface area contributed by atoms with Gasteiger partial charge in [-0.05, 0) is 55.3 Å². The lowest BCUT2D eigenvalue weighted by Gasteiger charge is -2.18. The van der Waals surface area contributed by atoms with Crippen molar-refractivity contribution in [2.24, 2.45) is 11.7 Å². The zero-order valence-corrected chi connectivity index (χ0v) is 18.2. The predicted molar refractivity (Wildman–Crippen MR) is 118 cm³/mol. The van der Waals surface area contributed by atoms with Crippen molar-refractivity contribution in [3.63, 3.8) is 0 Å². The van der Waals surface area contributed by atoms with Gasteiger partial charge < -0.3 is 15.2 Å². The molecular formula is C22H26BrClN2O2. The fourth-order valence-corrected chi connectivity index (χ4v) is 4.15. The smallest absolute Gasteiger partial charge is 0.123 e. The van der Waals surface area contributed by atoms with E-state index in [9.17, 15) is 0 Å². The van der Waals surface area contributed by atoms with E-state index in [1.165, 1.54) is 5.56 Å². The minimum Gasteiger partial charge on any atom is -0.489 e. The molecule has 2 N–H and O–H groups in total. The van der Waals surface area contributed by atoms with E-state index < -0.39 is 0 Å². The highest BCUT2D eigenvalue weighted by Gasteiger charge is 2.21. The molecular weight excluding hydrogens is 440 g/mol. The third-order valence-corrected chi connectivity index (χ3v) is 5.80. The van der Waals surface area contributed by atoms with Gasteiger partial charge >= 0.3 is 0 Å². The van der Waals surface area contributed by atoms with Crippen LogP contribution in [0.25, 0.3) is 0 Å². The fraction of sp³-hybridized carbons (Fsp3) is 0.364. The second-order valence-electron chi connectivity index (χ2n) is 7.06. The molecule has 28 heavy (non-hydrogen) atoms. The third kappa shape index (κ3) is 5.98. The molecule has 150 valence electrons. The summed E-state index contributed by atoms with van der Waals surface area (Å²) in [4.78, 5) is 2.43. The Bertz CT molecular complexity index is 815. The number of likely N-dealkylation sites (tertiary alicyclic amines) is 1. The largest absolute Gasteiger partial charge is 0.489 e. The van der Waals surface area contributed by atoms with Gasteiger partial charge in [0, 0.05) is 34.2 Å². The maximum atomic E-state index is 6.06. The SMILES string of the molecule is C=CCOc1cc(CN2CCC(CN)C2)cc(OCc2ccc(Cl)cc2Br)c1. The Morgan fingerprint density at radius 2 is 2.00 bits per heavy atom. The lowest BCUT2D eigenvalue weighted by molar-refractivity contribution is 0.295. The third-order valence-electron chi connectivity index (χ3n) is 4.83. The standard InChI is InChI=1S/C22H26BrClN2O2/c1-2-7-27-20-8-17(14-26-6-5-16(12-25)13-26)9-21(11-20)28-15-18-3-4-19(24)10-22(18)23/h2-4,8-11,16H,1,5-7,12-15,25H2. The lowest BCUT2D eigenvalue weighted by atomic mass is 10.1. The monoisotopic (exact) mass is 464 g/mol. The topological polar surface area (TPSA) is 47.7 Å². The van der Waals surface area contributed by atoms with Crippen molar-refractivity contribution in [3.05, 3.63) is 69.7 Å². The summed E-state index contributed by atoms with van der Waals surface area (Å²) in [5.41, 5.74) is 8.03. The van der Waals surface area contributed by atoms with Gasteiger partial charge in [0.15, 0.2) is 0 Å². The van der Waals surface area contributed by atoms with Crippen molar-refractivity contribution in [1.29, 1.82) is 0 Å². The maximum absolute atomic E-state index is 6.06. The first-order valence-electron chi connectivity index (χ1n) is 9.44. The second-order valence-corrected chi connectivity index (χ2v) is 8.35. The van der Waals surface area contributed by atoms with Crippen LogP contribution in [0.4, 0.5) is 0 Å². The highest BCUT2D eigenvalue weighted by Crippen LogP contribution is 2.28. The predicted octanol–water partition coefficient (Wildman–Crippen LogP) is 5.03. The van der Waals surface area contributed by atoms with Crippen molar-refractivity contribution in [3.8, 4) is 11.5 Å². The van der Waals surface area contributed by atoms with E-state index in [0.29, 0.717) is 24.2 Å². The van der Waals surface area contributed by atoms with Crippen LogP contribution in [0.1, 0.15) is 17.5 Å². The summed E-state index contributed by atoms with van der Waals surface area (Å²) in [7, 11) is 0. The Kier molecular flexibility index (Phi) is 7.80. The van der Waals surface area contributed by atoms with E-state index in [2.05, 4.69) is 39.5 Å². The minimum atomic E-state index is 0.446. The number of ether oxygens (including phenoxy) is 2. The molecule has 0 saturated carbocycles. The molecule has 3 rings (SSSR count). The number of hydrogen-bond donors (Lipinski definition) is 1. The zero-order chi connectivity index (χ0) is 19.9. The molecule has 2 aromatic rings. The fourth-order valence-electron chi connectivity index (χ4n) is 3.35. The Labute approximate surface area is 180 Å². The second kappa shape index (κ2) is 10.3. The van der Waals surface area contributed by atoms with Gasteiger partial charge in [0.1, 0.15) is 24.7 Å². The first kappa shape index (κ1) is 21.2. The summed E-state index contributed by atoms with van der Waals surface area (Å²) in [6.45, 7) is 8.37. The minimum absolute atomic E-state index is 0.446. The number of benzene rings is 2. The van der Waals surface area contributed by atoms with Gasteiger partial charge in [-0.2, -0.15) is 0 Å². The summed E-state index contributed by atoms with van der Waals surface area (Å²) >= 11 is 9.56. The van der Waals surface area contributed by atoms with Crippen molar-refractivity contribution in [2.45, 2.75) is 19.6 Å². The molecule has 1 aliphatic heterocycles. The normalized spacial score (nSPS) is 16.9. The van der Waals surface area contributed by atoms with Crippen LogP contribution in [0.15, 0.2) is 53.5 Å². The first-order valence-corrected chi connectivity index (χ1v) is 10.6. The molecule has 0 aromatic heterocycles. The molecule has 0 radical (unpaired) electrons. The van der Waals surface area contributed by atoms with Gasteiger partial charge in [-0.1, -0.05) is 46.3 Å². The lowest BCUT2D eigenvalue weighted by Crippen LogP contribution is -2.22. The van der Waals surface area contributed by atoms with E-state index in [4.69, 9.17) is 26.8 Å². The average molecular weight is 466 g/mol. The summed E-state index contributed by atoms with van der Waals surface area (Å²) in [5, 5.41) is 0.694. The molecule has 0 spiro atoms. The van der Waals surface area contributed by atoms with E-state index in [-0.39, 0.29) is 0 Å². The molecule has 1 atom stereocenters. The highest BCUT2D eigenvalue weighted by molar-refractivity contribution is 9.10. The van der Waals surface area contributed by atoms with Gasteiger partial charge in [0.2, 0.25) is 0 Å². The van der Waals surface area contributed by atoms with Gasteiger partial charge in [-0.15, -0.1) is 0 Å². The van der Waals surface area contributed by atoms with E-state index in [1.807, 2.05) is 24.3 Å². The number of halogens is 2. The molecule has 2 aromatic carbocycles. The molecule has 1 heterocycles. The number of nitrogens with zero attached hydrogens (tertiary/aromatic N) is 1. The van der Waals surface area contributed by atoms with Crippen LogP contribution in [-0.2, 0) is 13.2 Å². The molecule has 1 unspecified atom stereocenters. The van der Waals surface area contributed by atoms with Crippen LogP contribution < -0.4 is 15.2 Å². The summed E-state index contributed by atoms with van der Waals surface area (Å²) < 4.78 is 12.8. The van der Waals surface area contributed by atoms with Crippen molar-refractivity contribution >= 4 is 27.5 Å². The first-order chi connectivity index (χ1) is 13.6. The van der Waals surface area contributed by atoms with E-state index >= 15 is 0 Å². The Morgan fingerprint density at radius 1 is 1.21 bits per heavy atom. The zero-order valence-electron chi connectivity index (χ0n) is 15.9. The molecule has 4 nitrogen and oxygen atoms in total. The van der Waals surface area contributed by atoms with Crippen molar-refractivity contribution < 1.29 is 9.47 Å². The molecule has 6 heteroatoms. The summed E-state index contributed by atoms with van der Waals surface area (Å²) in [5.74, 6) is 2.17. The quantitative estimate of drug-likeness (QED) is 0.528. The maximum Gasteiger partial charge on any atom is 0.123 e. The average Bonchev–Trinajstić information content (AvgIpc) is 3.13. The van der Waals surface area contributed by atoms with Crippen LogP contribution in [0.5, 0.6) is 11.5 Å². The van der Waals surface area contributed by atoms with Crippen molar-refractivity contribution in [1.82, 2.24) is 4.90 Å². The Hall–Kier alpha value is -1.53. The summed E-state index contributed by atoms with van der Waals surface area (Å²) in [6, 6.07) is 11.8. The Morgan fingerprint density at radius 3 is 2.68 bits per heavy atom. The van der Waals surface area contributed by atoms with E-state index in [1.54, 1.807) is 6.08 Å². The van der Waals surface area contributed by atoms with Crippen LogP contribution in [0.3, 0.4) is 0 Å². The Balaban J connectivity index is 1.72. The molecule has 1 fully saturated rings. The van der Waals surface area contributed by atoms with Gasteiger partial charge in [0.25, 0.3) is 0 Å². The number of hydrogen-bond acceptors (Lipinski definition) is 4. The van der Waals surface area contributed by atoms with Crippen LogP contribution in [0, 0.1) is 5.92 Å². The molecule has 0 bridgehead atoms. The van der Waals surface area contributed by atoms with Gasteiger partial charge in [-0.25, -0.2) is 0 Å². The van der Waals surface area contributed by atoms with Crippen LogP contribution in [-0.4, -0.2) is 31.1 Å². The molecule has 0 aliphatic carbocycles. The van der Waals surface area contributed by atoms with Crippen LogP contribution >= 0.6 is 27.5 Å². The molecule has 0 amide bonds. The van der Waals surface area contributed by atoms with Crippen molar-refractivity contribution in [2.75, 3.05) is 26.2 Å². The molecule has 1 saturated heterocycles. The number of nitrogens with two attached hydrogens (primary N) is 1. The van der Waals surface area contributed by atoms with Crippen LogP contribution in [0.2, 0.25) is 5.02 Å². The number of rotatable bonds is 9. The highest BCUT2D eigenvalue weighted by atomic mass is 79.9. The summed E-state index contributed by atoms with van der Waals surface area (Å²) in [6.07, 6.45) is 2.90.